The minimum atomic E-state index is -1.03. The third-order valence-corrected chi connectivity index (χ3v) is 8.41. The Bertz CT molecular complexity index is 1090. The molecule has 0 aromatic rings. The van der Waals surface area contributed by atoms with Crippen molar-refractivity contribution in [2.75, 3.05) is 39.3 Å². The molecule has 0 bridgehead atoms. The zero-order chi connectivity index (χ0) is 34.0. The smallest absolute Gasteiger partial charge is 0.243 e. The van der Waals surface area contributed by atoms with Gasteiger partial charge in [-0.3, -0.25) is 38.4 Å². The number of rotatable bonds is 8. The maximum absolute atomic E-state index is 13.3. The van der Waals surface area contributed by atoms with Crippen LogP contribution >= 0.6 is 0 Å². The van der Waals surface area contributed by atoms with Crippen LogP contribution in [0.25, 0.3) is 0 Å². The minimum Gasteiger partial charge on any atom is -0.352 e. The van der Waals surface area contributed by atoms with Crippen LogP contribution in [0.15, 0.2) is 0 Å². The molecule has 0 radical (unpaired) electrons. The van der Waals surface area contributed by atoms with E-state index in [2.05, 4.69) is 31.9 Å². The van der Waals surface area contributed by atoms with E-state index >= 15 is 0 Å². The van der Waals surface area contributed by atoms with Gasteiger partial charge in [0.05, 0.1) is 26.2 Å². The van der Waals surface area contributed by atoms with Crippen molar-refractivity contribution in [2.45, 2.75) is 90.4 Å². The van der Waals surface area contributed by atoms with E-state index < -0.39 is 110 Å². The van der Waals surface area contributed by atoms with Crippen molar-refractivity contribution in [1.29, 1.82) is 0 Å². The molecule has 16 heteroatoms. The lowest BCUT2D eigenvalue weighted by Gasteiger charge is -2.36. The average molecular weight is 649 g/mol. The van der Waals surface area contributed by atoms with Crippen LogP contribution in [0.1, 0.15) is 66.2 Å². The fourth-order valence-electron chi connectivity index (χ4n) is 5.43. The molecule has 1 heterocycles. The molecule has 2 saturated carbocycles. The van der Waals surface area contributed by atoms with Crippen LogP contribution in [0, 0.1) is 11.8 Å². The lowest BCUT2D eigenvalue weighted by molar-refractivity contribution is -0.146. The third-order valence-electron chi connectivity index (χ3n) is 8.41. The Morgan fingerprint density at radius 2 is 0.891 bits per heavy atom. The van der Waals surface area contributed by atoms with Crippen molar-refractivity contribution in [3.63, 3.8) is 0 Å². The maximum atomic E-state index is 13.3. The summed E-state index contributed by atoms with van der Waals surface area (Å²) >= 11 is 0. The molecular weight excluding hydrogens is 600 g/mol. The highest BCUT2D eigenvalue weighted by atomic mass is 16.2. The lowest BCUT2D eigenvalue weighted by atomic mass is 9.92. The van der Waals surface area contributed by atoms with Crippen molar-refractivity contribution in [3.8, 4) is 0 Å². The van der Waals surface area contributed by atoms with E-state index in [4.69, 9.17) is 0 Å². The highest BCUT2D eigenvalue weighted by Gasteiger charge is 2.37. The number of hydrogen-bond acceptors (Lipinski definition) is 8. The topological polar surface area (TPSA) is 215 Å². The van der Waals surface area contributed by atoms with E-state index in [1.165, 1.54) is 0 Å². The monoisotopic (exact) mass is 648 g/mol. The molecule has 16 nitrogen and oxygen atoms in total. The van der Waals surface area contributed by atoms with Gasteiger partial charge in [0.1, 0.15) is 25.2 Å². The van der Waals surface area contributed by atoms with Gasteiger partial charge in [-0.05, 0) is 50.4 Å². The summed E-state index contributed by atoms with van der Waals surface area (Å²) in [4.78, 5) is 106. The number of nitrogens with one attached hydrogen (secondary N) is 6. The Morgan fingerprint density at radius 3 is 1.17 bits per heavy atom. The molecular formula is C30H48N8O8. The Labute approximate surface area is 268 Å². The highest BCUT2D eigenvalue weighted by Crippen LogP contribution is 2.21. The molecule has 3 aliphatic rings. The molecule has 46 heavy (non-hydrogen) atoms. The third kappa shape index (κ3) is 10.4. The van der Waals surface area contributed by atoms with Gasteiger partial charge in [0, 0.05) is 12.1 Å². The van der Waals surface area contributed by atoms with Gasteiger partial charge in [0.25, 0.3) is 0 Å². The first-order valence-corrected chi connectivity index (χ1v) is 16.0. The Hall–Kier alpha value is -4.24. The molecule has 3 rings (SSSR count). The Kier molecular flexibility index (Phi) is 13.3. The van der Waals surface area contributed by atoms with Crippen LogP contribution in [-0.2, 0) is 38.4 Å². The predicted molar refractivity (Wildman–Crippen MR) is 164 cm³/mol. The van der Waals surface area contributed by atoms with Crippen molar-refractivity contribution >= 4 is 47.3 Å². The van der Waals surface area contributed by atoms with Crippen LogP contribution in [0.3, 0.4) is 0 Å². The first-order chi connectivity index (χ1) is 21.8. The van der Waals surface area contributed by atoms with Gasteiger partial charge in [-0.15, -0.1) is 0 Å². The summed E-state index contributed by atoms with van der Waals surface area (Å²) < 4.78 is 0. The second kappa shape index (κ2) is 16.9. The zero-order valence-corrected chi connectivity index (χ0v) is 27.1. The molecule has 1 aliphatic heterocycles. The van der Waals surface area contributed by atoms with Gasteiger partial charge >= 0.3 is 0 Å². The normalized spacial score (nSPS) is 21.5. The second-order valence-electron chi connectivity index (χ2n) is 12.8. The fraction of sp³-hybridized carbons (Fsp3) is 0.733. The average Bonchev–Trinajstić information content (AvgIpc) is 2.94. The quantitative estimate of drug-likeness (QED) is 0.165. The summed E-state index contributed by atoms with van der Waals surface area (Å²) in [6.45, 7) is 3.55. The first kappa shape index (κ1) is 36.2. The van der Waals surface area contributed by atoms with Crippen molar-refractivity contribution in [3.05, 3.63) is 0 Å². The first-order valence-electron chi connectivity index (χ1n) is 16.0. The summed E-state index contributed by atoms with van der Waals surface area (Å²) in [7, 11) is 0. The molecule has 2 atom stereocenters. The number of amides is 8. The van der Waals surface area contributed by atoms with E-state index in [1.54, 1.807) is 27.7 Å². The van der Waals surface area contributed by atoms with Gasteiger partial charge in [-0.2, -0.15) is 0 Å². The van der Waals surface area contributed by atoms with E-state index in [1.807, 2.05) is 0 Å². The fourth-order valence-corrected chi connectivity index (χ4v) is 5.43. The summed E-state index contributed by atoms with van der Waals surface area (Å²) in [5.41, 5.74) is 0. The Balaban J connectivity index is 1.78. The number of nitrogens with zero attached hydrogens (tertiary/aromatic N) is 2. The summed E-state index contributed by atoms with van der Waals surface area (Å²) in [6, 6.07) is -2.10. The number of carbonyl (C=O) groups is 8. The summed E-state index contributed by atoms with van der Waals surface area (Å²) in [5.74, 6) is -5.97. The predicted octanol–water partition coefficient (Wildman–Crippen LogP) is -2.49. The van der Waals surface area contributed by atoms with Gasteiger partial charge in [0.2, 0.25) is 47.3 Å². The molecule has 256 valence electrons. The van der Waals surface area contributed by atoms with Crippen LogP contribution < -0.4 is 31.9 Å². The molecule has 6 N–H and O–H groups in total. The second-order valence-corrected chi connectivity index (χ2v) is 12.8. The molecule has 2 aliphatic carbocycles. The van der Waals surface area contributed by atoms with E-state index in [0.717, 1.165) is 48.3 Å². The molecule has 0 aromatic heterocycles. The minimum absolute atomic E-state index is 0.0170. The largest absolute Gasteiger partial charge is 0.352 e. The van der Waals surface area contributed by atoms with E-state index in [-0.39, 0.29) is 12.1 Å². The number of hydrogen-bond donors (Lipinski definition) is 6. The van der Waals surface area contributed by atoms with Crippen molar-refractivity contribution < 1.29 is 38.4 Å². The molecule has 3 fully saturated rings. The van der Waals surface area contributed by atoms with E-state index in [9.17, 15) is 38.4 Å². The highest BCUT2D eigenvalue weighted by molar-refractivity contribution is 5.96. The van der Waals surface area contributed by atoms with Crippen LogP contribution in [0.5, 0.6) is 0 Å². The molecule has 2 unspecified atom stereocenters. The van der Waals surface area contributed by atoms with Crippen LogP contribution in [0.4, 0.5) is 0 Å². The van der Waals surface area contributed by atoms with Crippen LogP contribution in [-0.4, -0.2) is 120 Å². The lowest BCUT2D eigenvalue weighted by Crippen LogP contribution is -2.60. The van der Waals surface area contributed by atoms with Crippen LogP contribution in [0.2, 0.25) is 0 Å². The van der Waals surface area contributed by atoms with Crippen molar-refractivity contribution in [1.82, 2.24) is 41.7 Å². The molecule has 0 spiro atoms. The van der Waals surface area contributed by atoms with E-state index in [0.29, 0.717) is 0 Å². The maximum Gasteiger partial charge on any atom is 0.243 e. The van der Waals surface area contributed by atoms with Gasteiger partial charge in [-0.25, -0.2) is 0 Å². The van der Waals surface area contributed by atoms with Gasteiger partial charge < -0.3 is 41.7 Å². The zero-order valence-electron chi connectivity index (χ0n) is 27.1. The SMILES string of the molecule is CC(C)C(C(=O)NC1CCC1)N1CC(=O)NCC(=O)NCC(=O)N(C(C(=O)NC2CCC2)C(C)C)CC(=O)NCC(=O)NCC1=O. The molecule has 8 amide bonds. The van der Waals surface area contributed by atoms with Crippen molar-refractivity contribution in [2.24, 2.45) is 11.8 Å². The standard InChI is InChI=1S/C30H48N8O8/c1-17(2)27(29(45)35-19-7-5-8-19)37-15-23(41)31-11-22(40)34-14-26(44)38(16-24(42)32-12-21(39)33-13-25(37)43)28(18(3)4)30(46)36-20-9-6-10-20/h17-20,27-28H,5-16H2,1-4H3,(H,31,41)(H,32,42)(H,33,39)(H,34,40)(H,35,45)(H,36,46). The summed E-state index contributed by atoms with van der Waals surface area (Å²) in [5, 5.41) is 15.4. The molecule has 0 aromatic carbocycles. The number of carbonyl (C=O) groups excluding carboxylic acids is 8. The van der Waals surface area contributed by atoms with Gasteiger partial charge in [-0.1, -0.05) is 27.7 Å². The molecule has 1 saturated heterocycles. The Morgan fingerprint density at radius 1 is 0.565 bits per heavy atom. The van der Waals surface area contributed by atoms with Gasteiger partial charge in [0.15, 0.2) is 0 Å². The summed E-state index contributed by atoms with van der Waals surface area (Å²) in [6.07, 6.45) is 5.21.